The number of benzene rings is 2. The van der Waals surface area contributed by atoms with Gasteiger partial charge in [-0.3, -0.25) is 14.4 Å². The number of Topliss-reactive ketones (excluding diaryl/α,β-unsaturated/α-hetero) is 2. The van der Waals surface area contributed by atoms with E-state index >= 15 is 0 Å². The maximum Gasteiger partial charge on any atom is 0.308 e. The second kappa shape index (κ2) is 7.23. The fraction of sp³-hybridized carbons (Fsp3) is 0.348. The van der Waals surface area contributed by atoms with Crippen LogP contribution in [-0.4, -0.2) is 24.1 Å². The SMILES string of the molecule is CC(C)C(=O)OCC(=O)c1ccc2c(c1)COc1cc3c(cc1-2)CCCC3=O. The van der Waals surface area contributed by atoms with Crippen LogP contribution < -0.4 is 4.74 Å². The van der Waals surface area contributed by atoms with Gasteiger partial charge in [-0.05, 0) is 47.7 Å². The van der Waals surface area contributed by atoms with Crippen molar-refractivity contribution in [1.29, 1.82) is 0 Å². The van der Waals surface area contributed by atoms with E-state index in [1.54, 1.807) is 26.0 Å². The van der Waals surface area contributed by atoms with E-state index in [4.69, 9.17) is 9.47 Å². The Morgan fingerprint density at radius 2 is 1.86 bits per heavy atom. The van der Waals surface area contributed by atoms with Crippen LogP contribution in [0.2, 0.25) is 0 Å². The lowest BCUT2D eigenvalue weighted by molar-refractivity contribution is -0.146. The molecule has 4 rings (SSSR count). The molecule has 0 unspecified atom stereocenters. The number of aryl methyl sites for hydroxylation is 1. The van der Waals surface area contributed by atoms with Crippen molar-refractivity contribution in [3.05, 3.63) is 52.6 Å². The number of esters is 1. The van der Waals surface area contributed by atoms with E-state index < -0.39 is 0 Å². The van der Waals surface area contributed by atoms with Crippen molar-refractivity contribution in [1.82, 2.24) is 0 Å². The highest BCUT2D eigenvalue weighted by Gasteiger charge is 2.25. The van der Waals surface area contributed by atoms with Crippen LogP contribution in [0.25, 0.3) is 11.1 Å². The Kier molecular flexibility index (Phi) is 4.75. The summed E-state index contributed by atoms with van der Waals surface area (Å²) < 4.78 is 10.9. The van der Waals surface area contributed by atoms with Gasteiger partial charge in [0.15, 0.2) is 18.2 Å². The number of ether oxygens (including phenoxy) is 2. The van der Waals surface area contributed by atoms with Gasteiger partial charge in [0, 0.05) is 23.1 Å². The van der Waals surface area contributed by atoms with E-state index in [0.717, 1.165) is 40.7 Å². The van der Waals surface area contributed by atoms with Crippen LogP contribution in [-0.2, 0) is 22.6 Å². The first-order valence-electron chi connectivity index (χ1n) is 9.60. The number of carbonyl (C=O) groups is 3. The van der Waals surface area contributed by atoms with Crippen molar-refractivity contribution in [2.24, 2.45) is 5.92 Å². The normalized spacial score (nSPS) is 14.6. The molecule has 28 heavy (non-hydrogen) atoms. The van der Waals surface area contributed by atoms with Gasteiger partial charge < -0.3 is 9.47 Å². The Hall–Kier alpha value is -2.95. The molecule has 0 bridgehead atoms. The van der Waals surface area contributed by atoms with Crippen molar-refractivity contribution in [3.63, 3.8) is 0 Å². The average Bonchev–Trinajstić information content (AvgIpc) is 2.70. The maximum absolute atomic E-state index is 12.4. The fourth-order valence-electron chi connectivity index (χ4n) is 3.69. The van der Waals surface area contributed by atoms with Crippen molar-refractivity contribution in [2.45, 2.75) is 39.7 Å². The number of ketones is 2. The molecule has 0 spiro atoms. The van der Waals surface area contributed by atoms with Crippen LogP contribution in [0, 0.1) is 5.92 Å². The molecule has 1 heterocycles. The number of hydrogen-bond acceptors (Lipinski definition) is 5. The first-order chi connectivity index (χ1) is 13.4. The third kappa shape index (κ3) is 3.33. The minimum atomic E-state index is -0.386. The van der Waals surface area contributed by atoms with E-state index in [0.29, 0.717) is 24.3 Å². The number of rotatable bonds is 4. The molecule has 0 N–H and O–H groups in total. The first-order valence-corrected chi connectivity index (χ1v) is 9.60. The molecule has 1 aliphatic carbocycles. The number of hydrogen-bond donors (Lipinski definition) is 0. The second-order valence-electron chi connectivity index (χ2n) is 7.63. The van der Waals surface area contributed by atoms with Crippen molar-refractivity contribution in [3.8, 4) is 16.9 Å². The molecule has 0 amide bonds. The number of carbonyl (C=O) groups excluding carboxylic acids is 3. The van der Waals surface area contributed by atoms with Gasteiger partial charge >= 0.3 is 5.97 Å². The van der Waals surface area contributed by atoms with Gasteiger partial charge in [-0.15, -0.1) is 0 Å². The Balaban J connectivity index is 1.61. The van der Waals surface area contributed by atoms with Crippen LogP contribution in [0.15, 0.2) is 30.3 Å². The van der Waals surface area contributed by atoms with Crippen LogP contribution >= 0.6 is 0 Å². The zero-order valence-electron chi connectivity index (χ0n) is 16.0. The third-order valence-corrected chi connectivity index (χ3v) is 5.27. The van der Waals surface area contributed by atoms with E-state index in [1.165, 1.54) is 0 Å². The first kappa shape index (κ1) is 18.4. The third-order valence-electron chi connectivity index (χ3n) is 5.27. The summed E-state index contributed by atoms with van der Waals surface area (Å²) in [7, 11) is 0. The lowest BCUT2D eigenvalue weighted by Crippen LogP contribution is -2.18. The van der Waals surface area contributed by atoms with Gasteiger partial charge in [0.25, 0.3) is 0 Å². The van der Waals surface area contributed by atoms with E-state index in [9.17, 15) is 14.4 Å². The van der Waals surface area contributed by atoms with Crippen molar-refractivity contribution < 1.29 is 23.9 Å². The zero-order chi connectivity index (χ0) is 19.8. The molecule has 5 heteroatoms. The Morgan fingerprint density at radius 3 is 2.64 bits per heavy atom. The summed E-state index contributed by atoms with van der Waals surface area (Å²) >= 11 is 0. The molecule has 0 fully saturated rings. The molecule has 0 radical (unpaired) electrons. The Labute approximate surface area is 163 Å². The quantitative estimate of drug-likeness (QED) is 0.591. The van der Waals surface area contributed by atoms with Gasteiger partial charge in [-0.1, -0.05) is 26.0 Å². The zero-order valence-corrected chi connectivity index (χ0v) is 16.0. The summed E-state index contributed by atoms with van der Waals surface area (Å²) in [6.07, 6.45) is 2.36. The molecule has 0 aromatic heterocycles. The summed E-state index contributed by atoms with van der Waals surface area (Å²) in [5.74, 6) is 0.00217. The van der Waals surface area contributed by atoms with Crippen molar-refractivity contribution in [2.75, 3.05) is 6.61 Å². The topological polar surface area (TPSA) is 69.7 Å². The molecule has 0 saturated heterocycles. The Morgan fingerprint density at radius 1 is 1.04 bits per heavy atom. The van der Waals surface area contributed by atoms with Gasteiger partial charge in [0.05, 0.1) is 5.92 Å². The standard InChI is InChI=1S/C23H22O5/c1-13(2)23(26)28-12-21(25)15-6-7-17-16(8-15)11-27-22-10-18-14(9-19(17)22)4-3-5-20(18)24/h6-10,13H,3-5,11-12H2,1-2H3. The summed E-state index contributed by atoms with van der Waals surface area (Å²) in [5, 5.41) is 0. The highest BCUT2D eigenvalue weighted by molar-refractivity contribution is 6.01. The minimum absolute atomic E-state index is 0.176. The highest BCUT2D eigenvalue weighted by Crippen LogP contribution is 2.41. The molecule has 2 aromatic carbocycles. The molecular formula is C23H22O5. The van der Waals surface area contributed by atoms with Crippen molar-refractivity contribution >= 4 is 17.5 Å². The Bertz CT molecular complexity index is 987. The second-order valence-corrected chi connectivity index (χ2v) is 7.63. The van der Waals surface area contributed by atoms with Crippen LogP contribution in [0.4, 0.5) is 0 Å². The summed E-state index contributed by atoms with van der Waals surface area (Å²) in [6.45, 7) is 3.53. The molecular weight excluding hydrogens is 356 g/mol. The molecule has 5 nitrogen and oxygen atoms in total. The molecule has 2 aliphatic rings. The van der Waals surface area contributed by atoms with Gasteiger partial charge in [0.1, 0.15) is 12.4 Å². The van der Waals surface area contributed by atoms with Crippen LogP contribution in [0.3, 0.4) is 0 Å². The monoisotopic (exact) mass is 378 g/mol. The van der Waals surface area contributed by atoms with Crippen LogP contribution in [0.1, 0.15) is 58.5 Å². The predicted octanol–water partition coefficient (Wildman–Crippen LogP) is 4.15. The lowest BCUT2D eigenvalue weighted by atomic mass is 9.86. The molecule has 0 saturated carbocycles. The maximum atomic E-state index is 12.4. The summed E-state index contributed by atoms with van der Waals surface area (Å²) in [5.41, 5.74) is 5.21. The summed E-state index contributed by atoms with van der Waals surface area (Å²) in [6, 6.07) is 9.37. The average molecular weight is 378 g/mol. The lowest BCUT2D eigenvalue weighted by Gasteiger charge is -2.25. The largest absolute Gasteiger partial charge is 0.488 e. The van der Waals surface area contributed by atoms with Gasteiger partial charge in [0.2, 0.25) is 0 Å². The summed E-state index contributed by atoms with van der Waals surface area (Å²) in [4.78, 5) is 36.1. The van der Waals surface area contributed by atoms with Crippen LogP contribution in [0.5, 0.6) is 5.75 Å². The van der Waals surface area contributed by atoms with E-state index in [1.807, 2.05) is 18.2 Å². The van der Waals surface area contributed by atoms with Gasteiger partial charge in [-0.25, -0.2) is 0 Å². The molecule has 0 atom stereocenters. The molecule has 2 aromatic rings. The molecule has 1 aliphatic heterocycles. The minimum Gasteiger partial charge on any atom is -0.488 e. The number of fused-ring (bicyclic) bond motifs is 4. The van der Waals surface area contributed by atoms with Gasteiger partial charge in [-0.2, -0.15) is 0 Å². The predicted molar refractivity (Wildman–Crippen MR) is 104 cm³/mol. The molecule has 144 valence electrons. The van der Waals surface area contributed by atoms with E-state index in [-0.39, 0.29) is 30.1 Å². The highest BCUT2D eigenvalue weighted by atomic mass is 16.5. The fourth-order valence-corrected chi connectivity index (χ4v) is 3.69. The smallest absolute Gasteiger partial charge is 0.308 e. The van der Waals surface area contributed by atoms with E-state index in [2.05, 4.69) is 0 Å².